The Morgan fingerprint density at radius 1 is 0.800 bits per heavy atom. The van der Waals surface area contributed by atoms with Gasteiger partial charge in [-0.15, -0.1) is 0 Å². The fourth-order valence-corrected chi connectivity index (χ4v) is 4.20. The van der Waals surface area contributed by atoms with Gasteiger partial charge >= 0.3 is 5.97 Å². The van der Waals surface area contributed by atoms with Crippen molar-refractivity contribution in [3.63, 3.8) is 0 Å². The van der Waals surface area contributed by atoms with Crippen LogP contribution in [0.25, 0.3) is 0 Å². The Kier molecular flexibility index (Phi) is 14.7. The highest BCUT2D eigenvalue weighted by Crippen LogP contribution is 2.11. The van der Waals surface area contributed by atoms with Crippen LogP contribution in [0.5, 0.6) is 0 Å². The summed E-state index contributed by atoms with van der Waals surface area (Å²) in [5, 5.41) is 0. The summed E-state index contributed by atoms with van der Waals surface area (Å²) in [5.41, 5.74) is 3.59. The molecule has 0 spiro atoms. The minimum Gasteiger partial charge on any atom is -0.466 e. The molecule has 0 heterocycles. The Balaban J connectivity index is 1.87. The van der Waals surface area contributed by atoms with E-state index in [4.69, 9.17) is 4.74 Å². The van der Waals surface area contributed by atoms with E-state index in [0.29, 0.717) is 19.6 Å². The van der Waals surface area contributed by atoms with Crippen molar-refractivity contribution in [2.24, 2.45) is 4.99 Å². The normalized spacial score (nSPS) is 11.6. The number of nitrogens with zero attached hydrogens (tertiary/aromatic N) is 3. The zero-order valence-corrected chi connectivity index (χ0v) is 22.1. The Labute approximate surface area is 213 Å². The lowest BCUT2D eigenvalue weighted by molar-refractivity contribution is -0.143. The summed E-state index contributed by atoms with van der Waals surface area (Å²) in [4.78, 5) is 21.5. The first-order valence-corrected chi connectivity index (χ1v) is 13.4. The van der Waals surface area contributed by atoms with E-state index in [-0.39, 0.29) is 5.97 Å². The molecule has 0 radical (unpaired) electrons. The second kappa shape index (κ2) is 17.9. The predicted molar refractivity (Wildman–Crippen MR) is 147 cm³/mol. The minimum atomic E-state index is -0.110. The summed E-state index contributed by atoms with van der Waals surface area (Å²) in [5.74, 6) is -0.110. The lowest BCUT2D eigenvalue weighted by Gasteiger charge is -2.24. The molecule has 192 valence electrons. The molecule has 0 N–H and O–H groups in total. The molecule has 0 unspecified atom stereocenters. The third-order valence-electron chi connectivity index (χ3n) is 5.96. The van der Waals surface area contributed by atoms with Crippen molar-refractivity contribution >= 4 is 12.2 Å². The number of carbonyl (C=O) groups excluding carboxylic acids is 1. The number of carbonyl (C=O) groups is 1. The van der Waals surface area contributed by atoms with E-state index in [1.807, 2.05) is 31.3 Å². The van der Waals surface area contributed by atoms with Gasteiger partial charge in [0.05, 0.1) is 19.6 Å². The highest BCUT2D eigenvalue weighted by atomic mass is 16.5. The third kappa shape index (κ3) is 12.7. The van der Waals surface area contributed by atoms with Crippen molar-refractivity contribution < 1.29 is 9.53 Å². The summed E-state index contributed by atoms with van der Waals surface area (Å²) >= 11 is 0. The van der Waals surface area contributed by atoms with Gasteiger partial charge in [-0.2, -0.15) is 0 Å². The van der Waals surface area contributed by atoms with Gasteiger partial charge in [0, 0.05) is 19.3 Å². The quantitative estimate of drug-likeness (QED) is 0.150. The van der Waals surface area contributed by atoms with E-state index in [2.05, 4.69) is 65.0 Å². The van der Waals surface area contributed by atoms with Gasteiger partial charge in [-0.05, 0) is 75.5 Å². The van der Waals surface area contributed by atoms with E-state index < -0.39 is 0 Å². The molecule has 0 aliphatic carbocycles. The number of unbranched alkanes of at least 4 members (excludes halogenated alkanes) is 1. The molecule has 2 aromatic carbocycles. The number of benzene rings is 2. The first-order chi connectivity index (χ1) is 17.1. The predicted octanol–water partition coefficient (Wildman–Crippen LogP) is 5.96. The molecule has 0 aliphatic rings. The van der Waals surface area contributed by atoms with E-state index in [1.165, 1.54) is 43.5 Å². The van der Waals surface area contributed by atoms with E-state index >= 15 is 0 Å². The zero-order chi connectivity index (χ0) is 25.1. The monoisotopic (exact) mass is 479 g/mol. The summed E-state index contributed by atoms with van der Waals surface area (Å²) in [7, 11) is 0. The molecule has 35 heavy (non-hydrogen) atoms. The summed E-state index contributed by atoms with van der Waals surface area (Å²) < 4.78 is 5.15. The van der Waals surface area contributed by atoms with Crippen LogP contribution in [0, 0.1) is 0 Å². The number of hydrogen-bond donors (Lipinski definition) is 0. The number of ether oxygens (including phenoxy) is 1. The molecular weight excluding hydrogens is 434 g/mol. The second-order valence-electron chi connectivity index (χ2n) is 9.08. The van der Waals surface area contributed by atoms with E-state index in [1.54, 1.807) is 0 Å². The summed E-state index contributed by atoms with van der Waals surface area (Å²) in [6.45, 7) is 13.6. The first kappa shape index (κ1) is 28.7. The zero-order valence-electron chi connectivity index (χ0n) is 22.1. The molecule has 0 saturated heterocycles. The molecule has 2 aromatic rings. The van der Waals surface area contributed by atoms with Crippen molar-refractivity contribution in [1.82, 2.24) is 9.80 Å². The molecule has 2 rings (SSSR count). The van der Waals surface area contributed by atoms with Gasteiger partial charge in [-0.3, -0.25) is 14.7 Å². The standard InChI is InChI=1S/C30H45N3O2/c1-4-19-32(20-5-2)21-10-11-22-33(23-18-30(34)35-6-3)26-29-16-14-28(15-17-29)25-31-24-27-12-8-7-9-13-27/h7-9,12-17,24H,4-6,10-11,18-23,25-26H2,1-3H3. The lowest BCUT2D eigenvalue weighted by atomic mass is 10.1. The smallest absolute Gasteiger partial charge is 0.307 e. The Hall–Kier alpha value is -2.50. The second-order valence-corrected chi connectivity index (χ2v) is 9.08. The first-order valence-electron chi connectivity index (χ1n) is 13.4. The highest BCUT2D eigenvalue weighted by Gasteiger charge is 2.11. The van der Waals surface area contributed by atoms with Crippen LogP contribution in [0.2, 0.25) is 0 Å². The molecule has 0 bridgehead atoms. The van der Waals surface area contributed by atoms with Gasteiger partial charge in [0.2, 0.25) is 0 Å². The number of aliphatic imine (C=N–C) groups is 1. The molecule has 5 nitrogen and oxygen atoms in total. The topological polar surface area (TPSA) is 45.1 Å². The summed E-state index contributed by atoms with van der Waals surface area (Å²) in [6, 6.07) is 18.9. The van der Waals surface area contributed by atoms with Crippen LogP contribution in [0.3, 0.4) is 0 Å². The van der Waals surface area contributed by atoms with Crippen molar-refractivity contribution in [2.45, 2.75) is 66.0 Å². The van der Waals surface area contributed by atoms with Gasteiger partial charge in [0.15, 0.2) is 0 Å². The van der Waals surface area contributed by atoms with Crippen LogP contribution in [-0.4, -0.2) is 61.3 Å². The maximum atomic E-state index is 11.9. The lowest BCUT2D eigenvalue weighted by Crippen LogP contribution is -2.30. The molecule has 0 atom stereocenters. The van der Waals surface area contributed by atoms with Crippen LogP contribution >= 0.6 is 0 Å². The van der Waals surface area contributed by atoms with Crippen LogP contribution in [0.15, 0.2) is 59.6 Å². The van der Waals surface area contributed by atoms with E-state index in [0.717, 1.165) is 38.2 Å². The van der Waals surface area contributed by atoms with Crippen LogP contribution in [0.1, 0.15) is 69.6 Å². The van der Waals surface area contributed by atoms with Gasteiger partial charge in [0.25, 0.3) is 0 Å². The molecule has 0 aromatic heterocycles. The Bertz CT molecular complexity index is 830. The Morgan fingerprint density at radius 2 is 1.43 bits per heavy atom. The van der Waals surface area contributed by atoms with Crippen molar-refractivity contribution in [1.29, 1.82) is 0 Å². The Morgan fingerprint density at radius 3 is 2.06 bits per heavy atom. The average Bonchev–Trinajstić information content (AvgIpc) is 2.87. The molecular formula is C30H45N3O2. The van der Waals surface area contributed by atoms with Crippen molar-refractivity contribution in [2.75, 3.05) is 39.3 Å². The maximum absolute atomic E-state index is 11.9. The maximum Gasteiger partial charge on any atom is 0.307 e. The largest absolute Gasteiger partial charge is 0.466 e. The molecule has 5 heteroatoms. The molecule has 0 amide bonds. The summed E-state index contributed by atoms with van der Waals surface area (Å²) in [6.07, 6.45) is 7.11. The SMILES string of the molecule is CCCN(CCC)CCCCN(CCC(=O)OCC)Cc1ccc(CN=Cc2ccccc2)cc1. The molecule has 0 saturated carbocycles. The van der Waals surface area contributed by atoms with Crippen molar-refractivity contribution in [3.05, 3.63) is 71.3 Å². The van der Waals surface area contributed by atoms with Crippen LogP contribution in [0.4, 0.5) is 0 Å². The highest BCUT2D eigenvalue weighted by molar-refractivity contribution is 5.79. The fourth-order valence-electron chi connectivity index (χ4n) is 4.20. The van der Waals surface area contributed by atoms with Crippen molar-refractivity contribution in [3.8, 4) is 0 Å². The van der Waals surface area contributed by atoms with E-state index in [9.17, 15) is 4.79 Å². The van der Waals surface area contributed by atoms with Gasteiger partial charge in [-0.25, -0.2) is 0 Å². The minimum absolute atomic E-state index is 0.110. The van der Waals surface area contributed by atoms with Gasteiger partial charge in [-0.1, -0.05) is 68.4 Å². The number of esters is 1. The number of rotatable bonds is 18. The van der Waals surface area contributed by atoms with Crippen LogP contribution < -0.4 is 0 Å². The fraction of sp³-hybridized carbons (Fsp3) is 0.533. The molecule has 0 aliphatic heterocycles. The molecule has 0 fully saturated rings. The van der Waals surface area contributed by atoms with Gasteiger partial charge < -0.3 is 9.64 Å². The average molecular weight is 480 g/mol. The number of hydrogen-bond acceptors (Lipinski definition) is 5. The third-order valence-corrected chi connectivity index (χ3v) is 5.96. The van der Waals surface area contributed by atoms with Gasteiger partial charge in [0.1, 0.15) is 0 Å². The van der Waals surface area contributed by atoms with Crippen LogP contribution in [-0.2, 0) is 22.6 Å².